The third kappa shape index (κ3) is 3.61. The number of nitrogens with two attached hydrogens (primary N) is 1. The molecule has 0 aliphatic carbocycles. The molecule has 3 rings (SSSR count). The van der Waals surface area contributed by atoms with Crippen LogP contribution in [0.5, 0.6) is 0 Å². The second kappa shape index (κ2) is 6.83. The first kappa shape index (κ1) is 14.9. The van der Waals surface area contributed by atoms with Crippen molar-refractivity contribution in [3.05, 3.63) is 35.0 Å². The van der Waals surface area contributed by atoms with Gasteiger partial charge in [0.1, 0.15) is 5.82 Å². The number of nitrogens with zero attached hydrogens (tertiary/aromatic N) is 1. The molecule has 1 atom stereocenters. The molecule has 1 saturated heterocycles. The second-order valence-corrected chi connectivity index (χ2v) is 6.56. The highest BCUT2D eigenvalue weighted by Crippen LogP contribution is 2.28. The fourth-order valence-electron chi connectivity index (χ4n) is 2.95. The highest BCUT2D eigenvalue weighted by Gasteiger charge is 2.16. The standard InChI is InChI=1S/C16H22FN3S/c17-13-4-5-14-12(11-21-15(14)10-13)2-1-3-16(18)20-8-6-19-7-9-20/h4-5,10-11,16,19H,1-3,6-9,18H2. The van der Waals surface area contributed by atoms with Gasteiger partial charge in [0.15, 0.2) is 0 Å². The van der Waals surface area contributed by atoms with Gasteiger partial charge in [-0.2, -0.15) is 0 Å². The first-order valence-corrected chi connectivity index (χ1v) is 8.48. The van der Waals surface area contributed by atoms with Gasteiger partial charge in [-0.15, -0.1) is 11.3 Å². The molecule has 1 aliphatic heterocycles. The smallest absolute Gasteiger partial charge is 0.124 e. The average Bonchev–Trinajstić information content (AvgIpc) is 2.90. The van der Waals surface area contributed by atoms with E-state index in [2.05, 4.69) is 15.6 Å². The van der Waals surface area contributed by atoms with Crippen molar-refractivity contribution < 1.29 is 4.39 Å². The van der Waals surface area contributed by atoms with Gasteiger partial charge in [0, 0.05) is 30.9 Å². The van der Waals surface area contributed by atoms with E-state index in [0.717, 1.165) is 50.1 Å². The minimum atomic E-state index is -0.156. The van der Waals surface area contributed by atoms with Gasteiger partial charge in [-0.25, -0.2) is 4.39 Å². The van der Waals surface area contributed by atoms with Gasteiger partial charge in [0.25, 0.3) is 0 Å². The molecule has 1 aromatic carbocycles. The van der Waals surface area contributed by atoms with Gasteiger partial charge in [-0.1, -0.05) is 6.07 Å². The summed E-state index contributed by atoms with van der Waals surface area (Å²) >= 11 is 1.63. The third-order valence-corrected chi connectivity index (χ3v) is 5.18. The zero-order chi connectivity index (χ0) is 14.7. The fraction of sp³-hybridized carbons (Fsp3) is 0.500. The molecule has 2 aromatic rings. The summed E-state index contributed by atoms with van der Waals surface area (Å²) in [5, 5.41) is 6.69. The maximum Gasteiger partial charge on any atom is 0.124 e. The molecule has 3 N–H and O–H groups in total. The molecule has 21 heavy (non-hydrogen) atoms. The molecular weight excluding hydrogens is 285 g/mol. The van der Waals surface area contributed by atoms with Gasteiger partial charge >= 0.3 is 0 Å². The Morgan fingerprint density at radius 2 is 2.14 bits per heavy atom. The Bertz CT molecular complexity index is 592. The van der Waals surface area contributed by atoms with E-state index >= 15 is 0 Å². The predicted molar refractivity (Wildman–Crippen MR) is 87.1 cm³/mol. The lowest BCUT2D eigenvalue weighted by Crippen LogP contribution is -2.51. The summed E-state index contributed by atoms with van der Waals surface area (Å²) in [4.78, 5) is 2.36. The van der Waals surface area contributed by atoms with Crippen molar-refractivity contribution in [3.63, 3.8) is 0 Å². The van der Waals surface area contributed by atoms with Crippen molar-refractivity contribution in [3.8, 4) is 0 Å². The molecule has 0 amide bonds. The Morgan fingerprint density at radius 3 is 2.95 bits per heavy atom. The minimum absolute atomic E-state index is 0.156. The minimum Gasteiger partial charge on any atom is -0.316 e. The highest BCUT2D eigenvalue weighted by atomic mass is 32.1. The Labute approximate surface area is 128 Å². The summed E-state index contributed by atoms with van der Waals surface area (Å²) < 4.78 is 14.2. The molecule has 1 fully saturated rings. The molecule has 1 aromatic heterocycles. The van der Waals surface area contributed by atoms with Crippen molar-refractivity contribution in [1.29, 1.82) is 0 Å². The van der Waals surface area contributed by atoms with E-state index in [1.54, 1.807) is 23.5 Å². The summed E-state index contributed by atoms with van der Waals surface area (Å²) in [5.41, 5.74) is 7.59. The van der Waals surface area contributed by atoms with Crippen molar-refractivity contribution in [1.82, 2.24) is 10.2 Å². The lowest BCUT2D eigenvalue weighted by Gasteiger charge is -2.32. The normalized spacial score (nSPS) is 18.2. The fourth-order valence-corrected chi connectivity index (χ4v) is 3.97. The number of benzene rings is 1. The zero-order valence-electron chi connectivity index (χ0n) is 12.1. The molecule has 0 radical (unpaired) electrons. The van der Waals surface area contributed by atoms with Crippen LogP contribution in [0.3, 0.4) is 0 Å². The largest absolute Gasteiger partial charge is 0.316 e. The van der Waals surface area contributed by atoms with Gasteiger partial charge < -0.3 is 11.1 Å². The average molecular weight is 307 g/mol. The third-order valence-electron chi connectivity index (χ3n) is 4.18. The van der Waals surface area contributed by atoms with Crippen LogP contribution in [0.15, 0.2) is 23.6 Å². The number of aryl methyl sites for hydroxylation is 1. The van der Waals surface area contributed by atoms with E-state index in [9.17, 15) is 4.39 Å². The molecular formula is C16H22FN3S. The van der Waals surface area contributed by atoms with Gasteiger partial charge in [-0.05, 0) is 47.7 Å². The molecule has 114 valence electrons. The number of fused-ring (bicyclic) bond motifs is 1. The van der Waals surface area contributed by atoms with Crippen LogP contribution in [0.1, 0.15) is 18.4 Å². The quantitative estimate of drug-likeness (QED) is 0.892. The van der Waals surface area contributed by atoms with Crippen LogP contribution < -0.4 is 11.1 Å². The lowest BCUT2D eigenvalue weighted by atomic mass is 10.1. The van der Waals surface area contributed by atoms with Crippen LogP contribution in [-0.4, -0.2) is 37.2 Å². The molecule has 1 aliphatic rings. The molecule has 5 heteroatoms. The number of nitrogens with one attached hydrogen (secondary N) is 1. The van der Waals surface area contributed by atoms with Gasteiger partial charge in [-0.3, -0.25) is 4.90 Å². The number of hydrogen-bond acceptors (Lipinski definition) is 4. The van der Waals surface area contributed by atoms with Crippen molar-refractivity contribution >= 4 is 21.4 Å². The Kier molecular flexibility index (Phi) is 4.85. The SMILES string of the molecule is NC(CCCc1csc2cc(F)ccc12)N1CCNCC1. The molecule has 0 saturated carbocycles. The molecule has 3 nitrogen and oxygen atoms in total. The number of rotatable bonds is 5. The number of halogens is 1. The Balaban J connectivity index is 1.54. The predicted octanol–water partition coefficient (Wildman–Crippen LogP) is 2.55. The first-order chi connectivity index (χ1) is 10.2. The van der Waals surface area contributed by atoms with E-state index in [1.165, 1.54) is 10.9 Å². The zero-order valence-corrected chi connectivity index (χ0v) is 13.0. The number of hydrogen-bond donors (Lipinski definition) is 2. The van der Waals surface area contributed by atoms with Crippen LogP contribution >= 0.6 is 11.3 Å². The second-order valence-electron chi connectivity index (χ2n) is 5.65. The molecule has 0 spiro atoms. The van der Waals surface area contributed by atoms with Crippen molar-refractivity contribution in [2.45, 2.75) is 25.4 Å². The molecule has 1 unspecified atom stereocenters. The van der Waals surface area contributed by atoms with Crippen LogP contribution in [0.25, 0.3) is 10.1 Å². The van der Waals surface area contributed by atoms with Gasteiger partial charge in [0.2, 0.25) is 0 Å². The van der Waals surface area contributed by atoms with Crippen LogP contribution in [0, 0.1) is 5.82 Å². The Hall–Kier alpha value is -1.01. The van der Waals surface area contributed by atoms with E-state index < -0.39 is 0 Å². The number of piperazine rings is 1. The Morgan fingerprint density at radius 1 is 1.33 bits per heavy atom. The van der Waals surface area contributed by atoms with E-state index in [1.807, 2.05) is 6.07 Å². The maximum atomic E-state index is 13.2. The molecule has 0 bridgehead atoms. The monoisotopic (exact) mass is 307 g/mol. The van der Waals surface area contributed by atoms with Gasteiger partial charge in [0.05, 0.1) is 6.17 Å². The van der Waals surface area contributed by atoms with Crippen LogP contribution in [-0.2, 0) is 6.42 Å². The summed E-state index contributed by atoms with van der Waals surface area (Å²) in [6.07, 6.45) is 3.27. The van der Waals surface area contributed by atoms with Crippen molar-refractivity contribution in [2.75, 3.05) is 26.2 Å². The first-order valence-electron chi connectivity index (χ1n) is 7.60. The summed E-state index contributed by atoms with van der Waals surface area (Å²) in [5.74, 6) is -0.156. The topological polar surface area (TPSA) is 41.3 Å². The van der Waals surface area contributed by atoms with E-state index in [-0.39, 0.29) is 12.0 Å². The maximum absolute atomic E-state index is 13.2. The highest BCUT2D eigenvalue weighted by molar-refractivity contribution is 7.17. The van der Waals surface area contributed by atoms with Crippen LogP contribution in [0.2, 0.25) is 0 Å². The lowest BCUT2D eigenvalue weighted by molar-refractivity contribution is 0.166. The van der Waals surface area contributed by atoms with Crippen molar-refractivity contribution in [2.24, 2.45) is 5.73 Å². The number of thiophene rings is 1. The molecule has 2 heterocycles. The summed E-state index contributed by atoms with van der Waals surface area (Å²) in [7, 11) is 0. The van der Waals surface area contributed by atoms with Crippen LogP contribution in [0.4, 0.5) is 4.39 Å². The summed E-state index contributed by atoms with van der Waals surface area (Å²) in [6, 6.07) is 5.06. The van der Waals surface area contributed by atoms with E-state index in [4.69, 9.17) is 5.73 Å². The van der Waals surface area contributed by atoms with E-state index in [0.29, 0.717) is 0 Å². The summed E-state index contributed by atoms with van der Waals surface area (Å²) in [6.45, 7) is 4.16.